The molecule has 0 saturated carbocycles. The summed E-state index contributed by atoms with van der Waals surface area (Å²) in [6.07, 6.45) is 4.41. The van der Waals surface area contributed by atoms with Crippen LogP contribution in [0.5, 0.6) is 0 Å². The summed E-state index contributed by atoms with van der Waals surface area (Å²) in [5, 5.41) is 2.90. The molecular formula is C9H18N2O. The van der Waals surface area contributed by atoms with E-state index in [4.69, 9.17) is 5.73 Å². The van der Waals surface area contributed by atoms with Crippen LogP contribution >= 0.6 is 0 Å². The van der Waals surface area contributed by atoms with Crippen molar-refractivity contribution >= 4 is 5.91 Å². The molecule has 2 atom stereocenters. The maximum Gasteiger partial charge on any atom is 0.224 e. The van der Waals surface area contributed by atoms with Crippen LogP contribution in [0.2, 0.25) is 0 Å². The first-order valence-electron chi connectivity index (χ1n) is 4.75. The Hall–Kier alpha value is -0.570. The summed E-state index contributed by atoms with van der Waals surface area (Å²) in [4.78, 5) is 11.4. The highest BCUT2D eigenvalue weighted by Gasteiger charge is 2.22. The highest BCUT2D eigenvalue weighted by molar-refractivity contribution is 5.79. The molecule has 1 heterocycles. The first-order valence-corrected chi connectivity index (χ1v) is 4.75. The molecule has 1 aliphatic heterocycles. The average molecular weight is 170 g/mol. The van der Waals surface area contributed by atoms with Gasteiger partial charge in [0.15, 0.2) is 0 Å². The summed E-state index contributed by atoms with van der Waals surface area (Å²) in [7, 11) is 0. The van der Waals surface area contributed by atoms with E-state index in [9.17, 15) is 4.79 Å². The molecular weight excluding hydrogens is 152 g/mol. The zero-order valence-corrected chi connectivity index (χ0v) is 7.68. The molecule has 0 radical (unpaired) electrons. The Morgan fingerprint density at radius 3 is 2.92 bits per heavy atom. The highest BCUT2D eigenvalue weighted by atomic mass is 16.1. The van der Waals surface area contributed by atoms with Crippen LogP contribution in [0.4, 0.5) is 0 Å². The van der Waals surface area contributed by atoms with Gasteiger partial charge in [-0.3, -0.25) is 4.79 Å². The van der Waals surface area contributed by atoms with Gasteiger partial charge in [-0.1, -0.05) is 12.8 Å². The third-order valence-electron chi connectivity index (χ3n) is 2.46. The fourth-order valence-corrected chi connectivity index (χ4v) is 1.64. The summed E-state index contributed by atoms with van der Waals surface area (Å²) in [5.41, 5.74) is 5.72. The molecule has 1 saturated heterocycles. The maximum absolute atomic E-state index is 11.4. The van der Waals surface area contributed by atoms with Gasteiger partial charge in [-0.2, -0.15) is 0 Å². The van der Waals surface area contributed by atoms with Gasteiger partial charge in [0.25, 0.3) is 0 Å². The van der Waals surface area contributed by atoms with Gasteiger partial charge in [0.2, 0.25) is 5.91 Å². The zero-order valence-electron chi connectivity index (χ0n) is 7.68. The predicted molar refractivity (Wildman–Crippen MR) is 48.6 cm³/mol. The summed E-state index contributed by atoms with van der Waals surface area (Å²) < 4.78 is 0. The fraction of sp³-hybridized carbons (Fsp3) is 0.889. The number of carbonyl (C=O) groups is 1. The lowest BCUT2D eigenvalue weighted by molar-refractivity contribution is -0.126. The molecule has 1 fully saturated rings. The minimum absolute atomic E-state index is 0.0110. The smallest absolute Gasteiger partial charge is 0.224 e. The number of nitrogens with two attached hydrogens (primary N) is 1. The number of carbonyl (C=O) groups excluding carboxylic acids is 1. The van der Waals surface area contributed by atoms with E-state index in [0.29, 0.717) is 0 Å². The van der Waals surface area contributed by atoms with Crippen LogP contribution < -0.4 is 11.1 Å². The van der Waals surface area contributed by atoms with Gasteiger partial charge < -0.3 is 11.1 Å². The Morgan fingerprint density at radius 2 is 2.25 bits per heavy atom. The Labute approximate surface area is 73.7 Å². The molecule has 3 N–H and O–H groups in total. The van der Waals surface area contributed by atoms with Crippen LogP contribution in [0.25, 0.3) is 0 Å². The van der Waals surface area contributed by atoms with E-state index in [-0.39, 0.29) is 17.9 Å². The molecule has 3 heteroatoms. The van der Waals surface area contributed by atoms with Gasteiger partial charge in [0.05, 0.1) is 5.92 Å². The van der Waals surface area contributed by atoms with E-state index in [1.165, 1.54) is 6.42 Å². The summed E-state index contributed by atoms with van der Waals surface area (Å²) >= 11 is 0. The Bertz CT molecular complexity index is 157. The third-order valence-corrected chi connectivity index (χ3v) is 2.46. The Balaban J connectivity index is 2.49. The SMILES string of the molecule is CC(N)C1CCCCCNC1=O. The topological polar surface area (TPSA) is 55.1 Å². The first kappa shape index (κ1) is 9.52. The molecule has 0 bridgehead atoms. The van der Waals surface area contributed by atoms with Crippen LogP contribution in [0.1, 0.15) is 32.6 Å². The van der Waals surface area contributed by atoms with Crippen LogP contribution in [0, 0.1) is 5.92 Å². The normalized spacial score (nSPS) is 28.5. The second-order valence-corrected chi connectivity index (χ2v) is 3.61. The number of nitrogens with one attached hydrogen (secondary N) is 1. The van der Waals surface area contributed by atoms with E-state index < -0.39 is 0 Å². The van der Waals surface area contributed by atoms with Crippen molar-refractivity contribution < 1.29 is 4.79 Å². The van der Waals surface area contributed by atoms with Crippen LogP contribution in [-0.2, 0) is 4.79 Å². The molecule has 0 aliphatic carbocycles. The molecule has 1 aliphatic rings. The molecule has 0 aromatic heterocycles. The van der Waals surface area contributed by atoms with Crippen molar-refractivity contribution in [1.29, 1.82) is 0 Å². The number of amides is 1. The van der Waals surface area contributed by atoms with Crippen LogP contribution in [-0.4, -0.2) is 18.5 Å². The van der Waals surface area contributed by atoms with E-state index in [0.717, 1.165) is 25.8 Å². The molecule has 0 aromatic carbocycles. The first-order chi connectivity index (χ1) is 5.72. The lowest BCUT2D eigenvalue weighted by Crippen LogP contribution is -2.41. The largest absolute Gasteiger partial charge is 0.356 e. The monoisotopic (exact) mass is 170 g/mol. The molecule has 2 unspecified atom stereocenters. The fourth-order valence-electron chi connectivity index (χ4n) is 1.64. The molecule has 0 spiro atoms. The molecule has 70 valence electrons. The van der Waals surface area contributed by atoms with Gasteiger partial charge in [0, 0.05) is 12.6 Å². The van der Waals surface area contributed by atoms with E-state index >= 15 is 0 Å². The van der Waals surface area contributed by atoms with Crippen LogP contribution in [0.15, 0.2) is 0 Å². The summed E-state index contributed by atoms with van der Waals surface area (Å²) in [6, 6.07) is -0.0110. The summed E-state index contributed by atoms with van der Waals surface area (Å²) in [5.74, 6) is 0.176. The summed E-state index contributed by atoms with van der Waals surface area (Å²) in [6.45, 7) is 2.73. The predicted octanol–water partition coefficient (Wildman–Crippen LogP) is 0.640. The standard InChI is InChI=1S/C9H18N2O/c1-7(10)8-5-3-2-4-6-11-9(8)12/h7-8H,2-6,10H2,1H3,(H,11,12). The molecule has 1 rings (SSSR count). The van der Waals surface area contributed by atoms with Gasteiger partial charge in [-0.25, -0.2) is 0 Å². The third kappa shape index (κ3) is 2.48. The molecule has 0 aromatic rings. The van der Waals surface area contributed by atoms with Crippen molar-refractivity contribution in [2.45, 2.75) is 38.6 Å². The van der Waals surface area contributed by atoms with Crippen molar-refractivity contribution in [3.8, 4) is 0 Å². The lowest BCUT2D eigenvalue weighted by atomic mass is 9.92. The molecule has 1 amide bonds. The van der Waals surface area contributed by atoms with Gasteiger partial charge in [-0.05, 0) is 19.8 Å². The number of hydrogen-bond donors (Lipinski definition) is 2. The Morgan fingerprint density at radius 1 is 1.50 bits per heavy atom. The quantitative estimate of drug-likeness (QED) is 0.606. The van der Waals surface area contributed by atoms with Gasteiger partial charge in [0.1, 0.15) is 0 Å². The second kappa shape index (κ2) is 4.45. The number of rotatable bonds is 1. The highest BCUT2D eigenvalue weighted by Crippen LogP contribution is 2.15. The minimum Gasteiger partial charge on any atom is -0.356 e. The second-order valence-electron chi connectivity index (χ2n) is 3.61. The van der Waals surface area contributed by atoms with Crippen LogP contribution in [0.3, 0.4) is 0 Å². The maximum atomic E-state index is 11.4. The van der Waals surface area contributed by atoms with Crippen molar-refractivity contribution in [3.63, 3.8) is 0 Å². The van der Waals surface area contributed by atoms with E-state index in [2.05, 4.69) is 5.32 Å². The lowest BCUT2D eigenvalue weighted by Gasteiger charge is -2.22. The van der Waals surface area contributed by atoms with Crippen molar-refractivity contribution in [1.82, 2.24) is 5.32 Å². The van der Waals surface area contributed by atoms with Gasteiger partial charge >= 0.3 is 0 Å². The number of hydrogen-bond acceptors (Lipinski definition) is 2. The van der Waals surface area contributed by atoms with Crippen molar-refractivity contribution in [3.05, 3.63) is 0 Å². The molecule has 3 nitrogen and oxygen atoms in total. The minimum atomic E-state index is -0.0110. The molecule has 12 heavy (non-hydrogen) atoms. The Kier molecular flexibility index (Phi) is 3.53. The average Bonchev–Trinajstić information content (AvgIpc) is 1.96. The van der Waals surface area contributed by atoms with Crippen molar-refractivity contribution in [2.75, 3.05) is 6.54 Å². The van der Waals surface area contributed by atoms with Gasteiger partial charge in [-0.15, -0.1) is 0 Å². The zero-order chi connectivity index (χ0) is 8.97. The van der Waals surface area contributed by atoms with E-state index in [1.54, 1.807) is 0 Å². The van der Waals surface area contributed by atoms with E-state index in [1.807, 2.05) is 6.92 Å². The van der Waals surface area contributed by atoms with Crippen molar-refractivity contribution in [2.24, 2.45) is 11.7 Å².